The lowest BCUT2D eigenvalue weighted by Crippen LogP contribution is -2.61. The fraction of sp³-hybridized carbons (Fsp3) is 0.846. The Morgan fingerprint density at radius 3 is 2.50 bits per heavy atom. The van der Waals surface area contributed by atoms with Crippen LogP contribution in [0.2, 0.25) is 0 Å². The van der Waals surface area contributed by atoms with E-state index in [1.165, 1.54) is 0 Å². The van der Waals surface area contributed by atoms with Gasteiger partial charge in [-0.1, -0.05) is 6.92 Å². The maximum Gasteiger partial charge on any atom is 0.243 e. The van der Waals surface area contributed by atoms with Gasteiger partial charge in [-0.15, -0.1) is 0 Å². The average Bonchev–Trinajstić information content (AvgIpc) is 2.38. The number of carbonyl (C=O) groups excluding carboxylic acids is 2. The Balaban J connectivity index is 2.01. The Bertz CT molecular complexity index is 324. The molecule has 1 saturated carbocycles. The molecular formula is C13H23N3O2. The Hall–Kier alpha value is -0.940. The number of carbonyl (C=O) groups is 2. The fourth-order valence-corrected chi connectivity index (χ4v) is 3.19. The molecule has 2 N–H and O–H groups in total. The van der Waals surface area contributed by atoms with Gasteiger partial charge in [0.2, 0.25) is 11.8 Å². The number of amides is 2. The molecule has 102 valence electrons. The molecule has 2 amide bonds. The van der Waals surface area contributed by atoms with E-state index in [4.69, 9.17) is 0 Å². The first-order valence-corrected chi connectivity index (χ1v) is 6.92. The van der Waals surface area contributed by atoms with E-state index in [0.717, 1.165) is 32.1 Å². The molecule has 0 aromatic heterocycles. The van der Waals surface area contributed by atoms with Crippen molar-refractivity contribution in [3.63, 3.8) is 0 Å². The third-order valence-electron chi connectivity index (χ3n) is 4.25. The second-order valence-corrected chi connectivity index (χ2v) is 5.30. The molecule has 2 aliphatic rings. The second-order valence-electron chi connectivity index (χ2n) is 5.30. The zero-order valence-corrected chi connectivity index (χ0v) is 11.2. The highest BCUT2D eigenvalue weighted by molar-refractivity contribution is 6.01. The number of hydrogen-bond donors (Lipinski definition) is 2. The minimum atomic E-state index is -0.152. The van der Waals surface area contributed by atoms with Crippen LogP contribution in [0.4, 0.5) is 0 Å². The molecule has 0 radical (unpaired) electrons. The molecule has 0 spiro atoms. The average molecular weight is 253 g/mol. The monoisotopic (exact) mass is 253 g/mol. The van der Waals surface area contributed by atoms with Gasteiger partial charge in [0.15, 0.2) is 0 Å². The van der Waals surface area contributed by atoms with Crippen molar-refractivity contribution in [2.45, 2.75) is 57.2 Å². The quantitative estimate of drug-likeness (QED) is 0.708. The van der Waals surface area contributed by atoms with Crippen LogP contribution in [0.3, 0.4) is 0 Å². The highest BCUT2D eigenvalue weighted by Gasteiger charge is 2.37. The van der Waals surface area contributed by atoms with Crippen LogP contribution in [0.1, 0.15) is 39.0 Å². The van der Waals surface area contributed by atoms with E-state index in [1.807, 2.05) is 14.0 Å². The molecule has 2 fully saturated rings. The van der Waals surface area contributed by atoms with Crippen molar-refractivity contribution in [3.05, 3.63) is 0 Å². The van der Waals surface area contributed by atoms with Crippen molar-refractivity contribution in [2.24, 2.45) is 0 Å². The predicted molar refractivity (Wildman–Crippen MR) is 69.0 cm³/mol. The standard InChI is InChI=1S/C13H23N3O2/c1-3-11-13(18)15-12(17)8-16(11)10-6-4-9(14-2)5-7-10/h9-11,14H,3-8H2,1-2H3,(H,15,17,18). The highest BCUT2D eigenvalue weighted by atomic mass is 16.2. The number of nitrogens with zero attached hydrogens (tertiary/aromatic N) is 1. The highest BCUT2D eigenvalue weighted by Crippen LogP contribution is 2.26. The summed E-state index contributed by atoms with van der Waals surface area (Å²) in [7, 11) is 2.00. The molecule has 18 heavy (non-hydrogen) atoms. The molecule has 0 aromatic rings. The maximum absolute atomic E-state index is 11.8. The maximum atomic E-state index is 11.8. The van der Waals surface area contributed by atoms with E-state index in [0.29, 0.717) is 18.6 Å². The predicted octanol–water partition coefficient (Wildman–Crippen LogP) is 0.254. The molecule has 5 heteroatoms. The van der Waals surface area contributed by atoms with Gasteiger partial charge in [0.05, 0.1) is 12.6 Å². The number of imide groups is 1. The molecule has 1 atom stereocenters. The van der Waals surface area contributed by atoms with Crippen molar-refractivity contribution in [2.75, 3.05) is 13.6 Å². The van der Waals surface area contributed by atoms with Crippen molar-refractivity contribution < 1.29 is 9.59 Å². The van der Waals surface area contributed by atoms with Crippen molar-refractivity contribution in [3.8, 4) is 0 Å². The van der Waals surface area contributed by atoms with Crippen molar-refractivity contribution in [1.82, 2.24) is 15.5 Å². The zero-order chi connectivity index (χ0) is 13.1. The summed E-state index contributed by atoms with van der Waals surface area (Å²) < 4.78 is 0. The topological polar surface area (TPSA) is 61.4 Å². The molecule has 1 saturated heterocycles. The Kier molecular flexibility index (Phi) is 4.35. The van der Waals surface area contributed by atoms with Gasteiger partial charge in [-0.05, 0) is 39.2 Å². The smallest absolute Gasteiger partial charge is 0.243 e. The van der Waals surface area contributed by atoms with E-state index >= 15 is 0 Å². The molecule has 1 unspecified atom stereocenters. The summed E-state index contributed by atoms with van der Waals surface area (Å²) in [5.74, 6) is -0.273. The molecule has 2 rings (SSSR count). The van der Waals surface area contributed by atoms with Crippen LogP contribution >= 0.6 is 0 Å². The van der Waals surface area contributed by atoms with E-state index in [2.05, 4.69) is 15.5 Å². The normalized spacial score (nSPS) is 34.4. The number of rotatable bonds is 3. The van der Waals surface area contributed by atoms with Gasteiger partial charge < -0.3 is 5.32 Å². The van der Waals surface area contributed by atoms with Gasteiger partial charge in [0.25, 0.3) is 0 Å². The van der Waals surface area contributed by atoms with Gasteiger partial charge in [0.1, 0.15) is 0 Å². The molecule has 0 aromatic carbocycles. The zero-order valence-electron chi connectivity index (χ0n) is 11.2. The van der Waals surface area contributed by atoms with Gasteiger partial charge in [0, 0.05) is 12.1 Å². The summed E-state index contributed by atoms with van der Waals surface area (Å²) in [6, 6.07) is 0.851. The second kappa shape index (κ2) is 5.80. The van der Waals surface area contributed by atoms with Gasteiger partial charge in [-0.3, -0.25) is 19.8 Å². The summed E-state index contributed by atoms with van der Waals surface area (Å²) >= 11 is 0. The van der Waals surface area contributed by atoms with Crippen molar-refractivity contribution >= 4 is 11.8 Å². The van der Waals surface area contributed by atoms with Crippen LogP contribution in [-0.4, -0.2) is 48.4 Å². The Labute approximate surface area is 108 Å². The van der Waals surface area contributed by atoms with E-state index in [9.17, 15) is 9.59 Å². The molecule has 1 aliphatic carbocycles. The minimum absolute atomic E-state index is 0.121. The summed E-state index contributed by atoms with van der Waals surface area (Å²) in [5.41, 5.74) is 0. The van der Waals surface area contributed by atoms with Crippen LogP contribution in [0.5, 0.6) is 0 Å². The summed E-state index contributed by atoms with van der Waals surface area (Å²) in [6.45, 7) is 2.38. The Morgan fingerprint density at radius 1 is 1.28 bits per heavy atom. The first-order chi connectivity index (χ1) is 8.65. The minimum Gasteiger partial charge on any atom is -0.317 e. The fourth-order valence-electron chi connectivity index (χ4n) is 3.19. The summed E-state index contributed by atoms with van der Waals surface area (Å²) in [6.07, 6.45) is 5.17. The lowest BCUT2D eigenvalue weighted by Gasteiger charge is -2.42. The third-order valence-corrected chi connectivity index (χ3v) is 4.25. The first-order valence-electron chi connectivity index (χ1n) is 6.92. The van der Waals surface area contributed by atoms with Crippen LogP contribution in [-0.2, 0) is 9.59 Å². The van der Waals surface area contributed by atoms with Crippen LogP contribution < -0.4 is 10.6 Å². The number of nitrogens with one attached hydrogen (secondary N) is 2. The number of hydrogen-bond acceptors (Lipinski definition) is 4. The summed E-state index contributed by atoms with van der Waals surface area (Å²) in [5, 5.41) is 5.74. The molecule has 0 bridgehead atoms. The van der Waals surface area contributed by atoms with Gasteiger partial charge >= 0.3 is 0 Å². The first kappa shape index (κ1) is 13.5. The molecular weight excluding hydrogens is 230 g/mol. The molecule has 1 aliphatic heterocycles. The van der Waals surface area contributed by atoms with Crippen molar-refractivity contribution in [1.29, 1.82) is 0 Å². The molecule has 1 heterocycles. The van der Waals surface area contributed by atoms with E-state index in [1.54, 1.807) is 0 Å². The lowest BCUT2D eigenvalue weighted by atomic mass is 9.88. The van der Waals surface area contributed by atoms with E-state index < -0.39 is 0 Å². The van der Waals surface area contributed by atoms with Gasteiger partial charge in [-0.25, -0.2) is 0 Å². The summed E-state index contributed by atoms with van der Waals surface area (Å²) in [4.78, 5) is 25.5. The van der Waals surface area contributed by atoms with Crippen LogP contribution in [0.25, 0.3) is 0 Å². The Morgan fingerprint density at radius 2 is 1.94 bits per heavy atom. The van der Waals surface area contributed by atoms with Crippen LogP contribution in [0, 0.1) is 0 Å². The van der Waals surface area contributed by atoms with E-state index in [-0.39, 0.29) is 17.9 Å². The SMILES string of the molecule is CCC1C(=O)NC(=O)CN1C1CCC(NC)CC1. The third kappa shape index (κ3) is 2.72. The molecule has 5 nitrogen and oxygen atoms in total. The number of piperazine rings is 1. The largest absolute Gasteiger partial charge is 0.317 e. The lowest BCUT2D eigenvalue weighted by molar-refractivity contribution is -0.142. The van der Waals surface area contributed by atoms with Crippen LogP contribution in [0.15, 0.2) is 0 Å². The van der Waals surface area contributed by atoms with Gasteiger partial charge in [-0.2, -0.15) is 0 Å².